The van der Waals surface area contributed by atoms with Crippen molar-refractivity contribution in [3.8, 4) is 0 Å². The fraction of sp³-hybridized carbons (Fsp3) is 0.200. The Morgan fingerprint density at radius 3 is 2.09 bits per heavy atom. The third-order valence-corrected chi connectivity index (χ3v) is 5.57. The summed E-state index contributed by atoms with van der Waals surface area (Å²) >= 11 is 0. The average Bonchev–Trinajstić information content (AvgIpc) is 2.45. The molecule has 0 bridgehead atoms. The van der Waals surface area contributed by atoms with Gasteiger partial charge in [-0.15, -0.1) is 0 Å². The quantitative estimate of drug-likeness (QED) is 0.892. The van der Waals surface area contributed by atoms with Crippen LogP contribution in [0.1, 0.15) is 5.56 Å². The molecule has 2 aromatic carbocycles. The first-order chi connectivity index (χ1) is 10.6. The Hall–Kier alpha value is -2.06. The maximum Gasteiger partial charge on any atom is 0.264 e. The Morgan fingerprint density at radius 2 is 1.57 bits per heavy atom. The summed E-state index contributed by atoms with van der Waals surface area (Å²) in [6, 6.07) is 12.8. The molecule has 0 heterocycles. The molecular weight excluding hydrogens is 336 g/mol. The third kappa shape index (κ3) is 4.23. The normalized spacial score (nSPS) is 12.0. The molecule has 0 saturated carbocycles. The zero-order valence-electron chi connectivity index (χ0n) is 13.0. The van der Waals surface area contributed by atoms with Crippen molar-refractivity contribution in [1.29, 1.82) is 0 Å². The second-order valence-corrected chi connectivity index (χ2v) is 8.93. The van der Waals surface area contributed by atoms with Crippen LogP contribution < -0.4 is 9.03 Å². The van der Waals surface area contributed by atoms with E-state index in [1.807, 2.05) is 13.0 Å². The Morgan fingerprint density at radius 1 is 0.957 bits per heavy atom. The highest BCUT2D eigenvalue weighted by molar-refractivity contribution is 7.92. The fourth-order valence-corrected chi connectivity index (χ4v) is 3.89. The SMILES string of the molecule is Cc1cccc(S(=O)(=O)N(C)c2ccc(NS(C)(=O)=O)cc2)c1. The second-order valence-electron chi connectivity index (χ2n) is 5.21. The van der Waals surface area contributed by atoms with Gasteiger partial charge in [-0.05, 0) is 48.9 Å². The van der Waals surface area contributed by atoms with Gasteiger partial charge in [0, 0.05) is 12.7 Å². The maximum absolute atomic E-state index is 12.6. The van der Waals surface area contributed by atoms with Gasteiger partial charge in [-0.25, -0.2) is 16.8 Å². The number of aryl methyl sites for hydroxylation is 1. The predicted molar refractivity (Wildman–Crippen MR) is 91.7 cm³/mol. The van der Waals surface area contributed by atoms with E-state index in [9.17, 15) is 16.8 Å². The van der Waals surface area contributed by atoms with Crippen LogP contribution in [0.3, 0.4) is 0 Å². The van der Waals surface area contributed by atoms with Crippen LogP contribution >= 0.6 is 0 Å². The van der Waals surface area contributed by atoms with Gasteiger partial charge < -0.3 is 0 Å². The Labute approximate surface area is 136 Å². The summed E-state index contributed by atoms with van der Waals surface area (Å²) in [6.07, 6.45) is 1.05. The predicted octanol–water partition coefficient (Wildman–Crippen LogP) is 2.19. The first-order valence-corrected chi connectivity index (χ1v) is 10.1. The van der Waals surface area contributed by atoms with Crippen molar-refractivity contribution in [3.63, 3.8) is 0 Å². The van der Waals surface area contributed by atoms with E-state index < -0.39 is 20.0 Å². The van der Waals surface area contributed by atoms with E-state index in [-0.39, 0.29) is 4.90 Å². The van der Waals surface area contributed by atoms with Crippen LogP contribution in [0.5, 0.6) is 0 Å². The molecule has 23 heavy (non-hydrogen) atoms. The van der Waals surface area contributed by atoms with Gasteiger partial charge in [0.25, 0.3) is 10.0 Å². The van der Waals surface area contributed by atoms with E-state index in [1.165, 1.54) is 19.2 Å². The molecule has 8 heteroatoms. The first kappa shape index (κ1) is 17.3. The number of anilines is 2. The summed E-state index contributed by atoms with van der Waals surface area (Å²) in [5.74, 6) is 0. The van der Waals surface area contributed by atoms with Crippen molar-refractivity contribution < 1.29 is 16.8 Å². The van der Waals surface area contributed by atoms with E-state index >= 15 is 0 Å². The molecule has 0 fully saturated rings. The lowest BCUT2D eigenvalue weighted by atomic mass is 10.2. The Balaban J connectivity index is 2.31. The molecule has 0 aliphatic carbocycles. The van der Waals surface area contributed by atoms with E-state index in [4.69, 9.17) is 0 Å². The Bertz CT molecular complexity index is 905. The standard InChI is InChI=1S/C15H18N2O4S2/c1-12-5-4-6-15(11-12)23(20,21)17(2)14-9-7-13(8-10-14)16-22(3,18)19/h4-11,16H,1-3H3. The highest BCUT2D eigenvalue weighted by Crippen LogP contribution is 2.24. The molecular formula is C15H18N2O4S2. The molecule has 0 amide bonds. The van der Waals surface area contributed by atoms with Gasteiger partial charge in [-0.1, -0.05) is 12.1 Å². The molecule has 0 aliphatic heterocycles. The summed E-state index contributed by atoms with van der Waals surface area (Å²) in [6.45, 7) is 1.82. The van der Waals surface area contributed by atoms with Gasteiger partial charge in [-0.3, -0.25) is 9.03 Å². The minimum absolute atomic E-state index is 0.207. The molecule has 0 atom stereocenters. The number of hydrogen-bond donors (Lipinski definition) is 1. The molecule has 2 aromatic rings. The molecule has 0 spiro atoms. The topological polar surface area (TPSA) is 83.6 Å². The van der Waals surface area contributed by atoms with Crippen molar-refractivity contribution in [2.45, 2.75) is 11.8 Å². The molecule has 0 aromatic heterocycles. The third-order valence-electron chi connectivity index (χ3n) is 3.18. The number of nitrogens with one attached hydrogen (secondary N) is 1. The zero-order chi connectivity index (χ0) is 17.3. The van der Waals surface area contributed by atoms with E-state index in [1.54, 1.807) is 30.3 Å². The number of benzene rings is 2. The molecule has 0 unspecified atom stereocenters. The molecule has 0 radical (unpaired) electrons. The average molecular weight is 354 g/mol. The largest absolute Gasteiger partial charge is 0.284 e. The maximum atomic E-state index is 12.6. The van der Waals surface area contributed by atoms with Crippen molar-refractivity contribution in [2.24, 2.45) is 0 Å². The van der Waals surface area contributed by atoms with Crippen LogP contribution in [0, 0.1) is 6.92 Å². The van der Waals surface area contributed by atoms with Gasteiger partial charge in [0.2, 0.25) is 10.0 Å². The Kier molecular flexibility index (Phi) is 4.67. The molecule has 6 nitrogen and oxygen atoms in total. The van der Waals surface area contributed by atoms with Gasteiger partial charge in [-0.2, -0.15) is 0 Å². The highest BCUT2D eigenvalue weighted by Gasteiger charge is 2.21. The molecule has 1 N–H and O–H groups in total. The minimum Gasteiger partial charge on any atom is -0.284 e. The van der Waals surface area contributed by atoms with Crippen LogP contribution in [-0.4, -0.2) is 30.1 Å². The minimum atomic E-state index is -3.67. The van der Waals surface area contributed by atoms with Gasteiger partial charge in [0.15, 0.2) is 0 Å². The molecule has 124 valence electrons. The number of sulfonamides is 2. The lowest BCUT2D eigenvalue weighted by Gasteiger charge is -2.20. The molecule has 0 aliphatic rings. The van der Waals surface area contributed by atoms with Crippen LogP contribution in [0.2, 0.25) is 0 Å². The van der Waals surface area contributed by atoms with Crippen LogP contribution in [-0.2, 0) is 20.0 Å². The second kappa shape index (κ2) is 6.21. The van der Waals surface area contributed by atoms with Crippen molar-refractivity contribution >= 4 is 31.4 Å². The van der Waals surface area contributed by atoms with Gasteiger partial charge in [0.1, 0.15) is 0 Å². The summed E-state index contributed by atoms with van der Waals surface area (Å²) in [5.41, 5.74) is 1.66. The van der Waals surface area contributed by atoms with E-state index in [2.05, 4.69) is 4.72 Å². The number of hydrogen-bond acceptors (Lipinski definition) is 4. The number of nitrogens with zero attached hydrogens (tertiary/aromatic N) is 1. The van der Waals surface area contributed by atoms with Crippen LogP contribution in [0.25, 0.3) is 0 Å². The summed E-state index contributed by atoms with van der Waals surface area (Å²) in [4.78, 5) is 0.207. The smallest absolute Gasteiger partial charge is 0.264 e. The van der Waals surface area contributed by atoms with Crippen molar-refractivity contribution in [3.05, 3.63) is 54.1 Å². The van der Waals surface area contributed by atoms with E-state index in [0.717, 1.165) is 16.1 Å². The monoisotopic (exact) mass is 354 g/mol. The molecule has 0 saturated heterocycles. The van der Waals surface area contributed by atoms with Gasteiger partial charge >= 0.3 is 0 Å². The first-order valence-electron chi connectivity index (χ1n) is 6.73. The van der Waals surface area contributed by atoms with Crippen molar-refractivity contribution in [2.75, 3.05) is 22.3 Å². The van der Waals surface area contributed by atoms with Gasteiger partial charge in [0.05, 0.1) is 16.8 Å². The lowest BCUT2D eigenvalue weighted by Crippen LogP contribution is -2.26. The van der Waals surface area contributed by atoms with Crippen LogP contribution in [0.4, 0.5) is 11.4 Å². The van der Waals surface area contributed by atoms with Crippen molar-refractivity contribution in [1.82, 2.24) is 0 Å². The zero-order valence-corrected chi connectivity index (χ0v) is 14.6. The summed E-state index contributed by atoms with van der Waals surface area (Å²) in [5, 5.41) is 0. The fourth-order valence-electron chi connectivity index (χ4n) is 2.03. The highest BCUT2D eigenvalue weighted by atomic mass is 32.2. The number of rotatable bonds is 5. The summed E-state index contributed by atoms with van der Waals surface area (Å²) < 4.78 is 51.1. The summed E-state index contributed by atoms with van der Waals surface area (Å²) in [7, 11) is -5.58. The van der Waals surface area contributed by atoms with E-state index in [0.29, 0.717) is 11.4 Å². The lowest BCUT2D eigenvalue weighted by molar-refractivity contribution is 0.594. The van der Waals surface area contributed by atoms with Crippen LogP contribution in [0.15, 0.2) is 53.4 Å². The molecule has 2 rings (SSSR count).